The molecule has 0 saturated carbocycles. The molecule has 0 heterocycles. The lowest BCUT2D eigenvalue weighted by Gasteiger charge is -2.14. The van der Waals surface area contributed by atoms with Crippen LogP contribution in [0.1, 0.15) is 5.56 Å². The Bertz CT molecular complexity index is 366. The molecule has 0 amide bonds. The summed E-state index contributed by atoms with van der Waals surface area (Å²) >= 11 is 0. The van der Waals surface area contributed by atoms with Gasteiger partial charge in [0.2, 0.25) is 0 Å². The van der Waals surface area contributed by atoms with Crippen LogP contribution in [0.4, 0.5) is 13.2 Å². The highest BCUT2D eigenvalue weighted by atomic mass is 19.4. The molecule has 3 nitrogen and oxygen atoms in total. The first kappa shape index (κ1) is 12.9. The van der Waals surface area contributed by atoms with Crippen LogP contribution in [0.5, 0.6) is 5.75 Å². The summed E-state index contributed by atoms with van der Waals surface area (Å²) in [5.74, 6) is -0.144. The third kappa shape index (κ3) is 3.43. The molecule has 1 aromatic carbocycles. The average molecular weight is 234 g/mol. The minimum Gasteiger partial charge on any atom is -0.484 e. The van der Waals surface area contributed by atoms with E-state index in [1.165, 1.54) is 25.1 Å². The van der Waals surface area contributed by atoms with Crippen molar-refractivity contribution < 1.29 is 28.0 Å². The fourth-order valence-corrected chi connectivity index (χ4v) is 1.23. The predicted octanol–water partition coefficient (Wildman–Crippen LogP) is 0.616. The van der Waals surface area contributed by atoms with Crippen molar-refractivity contribution in [3.63, 3.8) is 0 Å². The highest BCUT2D eigenvalue weighted by molar-refractivity contribution is 6.59. The summed E-state index contributed by atoms with van der Waals surface area (Å²) in [5.41, 5.74) is 0.332. The quantitative estimate of drug-likeness (QED) is 0.753. The number of ether oxygens (including phenoxy) is 1. The molecule has 16 heavy (non-hydrogen) atoms. The second kappa shape index (κ2) is 4.75. The molecular formula is C9H10BF3O3. The van der Waals surface area contributed by atoms with E-state index in [4.69, 9.17) is 10.0 Å². The van der Waals surface area contributed by atoms with E-state index in [-0.39, 0.29) is 11.2 Å². The van der Waals surface area contributed by atoms with Crippen molar-refractivity contribution in [2.45, 2.75) is 13.1 Å². The van der Waals surface area contributed by atoms with E-state index < -0.39 is 19.9 Å². The largest absolute Gasteiger partial charge is 0.492 e. The second-order valence-electron chi connectivity index (χ2n) is 3.27. The zero-order chi connectivity index (χ0) is 12.3. The number of hydrogen-bond donors (Lipinski definition) is 2. The molecule has 0 aliphatic rings. The van der Waals surface area contributed by atoms with Crippen LogP contribution in [0.25, 0.3) is 0 Å². The Labute approximate surface area is 90.6 Å². The van der Waals surface area contributed by atoms with Gasteiger partial charge in [0, 0.05) is 5.46 Å². The maximum Gasteiger partial charge on any atom is 0.492 e. The number of rotatable bonds is 3. The van der Waals surface area contributed by atoms with E-state index in [2.05, 4.69) is 4.74 Å². The SMILES string of the molecule is Cc1cccc(B(O)O)c1OCC(F)(F)F. The molecule has 0 spiro atoms. The molecule has 0 unspecified atom stereocenters. The van der Waals surface area contributed by atoms with Crippen LogP contribution in [0.15, 0.2) is 18.2 Å². The van der Waals surface area contributed by atoms with Gasteiger partial charge in [-0.2, -0.15) is 13.2 Å². The summed E-state index contributed by atoms with van der Waals surface area (Å²) in [6.07, 6.45) is -4.46. The summed E-state index contributed by atoms with van der Waals surface area (Å²) in [4.78, 5) is 0. The van der Waals surface area contributed by atoms with E-state index in [1.54, 1.807) is 0 Å². The Hall–Kier alpha value is -1.21. The van der Waals surface area contributed by atoms with Crippen LogP contribution in [0.3, 0.4) is 0 Å². The number of aryl methyl sites for hydroxylation is 1. The molecule has 0 aliphatic carbocycles. The van der Waals surface area contributed by atoms with Crippen molar-refractivity contribution in [3.8, 4) is 5.75 Å². The Balaban J connectivity index is 2.93. The van der Waals surface area contributed by atoms with Gasteiger partial charge in [-0.1, -0.05) is 18.2 Å². The van der Waals surface area contributed by atoms with Crippen molar-refractivity contribution in [1.29, 1.82) is 0 Å². The van der Waals surface area contributed by atoms with Crippen LogP contribution in [0, 0.1) is 6.92 Å². The highest BCUT2D eigenvalue weighted by Gasteiger charge is 2.30. The van der Waals surface area contributed by atoms with Gasteiger partial charge in [0.1, 0.15) is 5.75 Å². The minimum atomic E-state index is -4.46. The van der Waals surface area contributed by atoms with E-state index in [9.17, 15) is 13.2 Å². The topological polar surface area (TPSA) is 49.7 Å². The zero-order valence-electron chi connectivity index (χ0n) is 8.45. The summed E-state index contributed by atoms with van der Waals surface area (Å²) in [7, 11) is -1.86. The molecular weight excluding hydrogens is 224 g/mol. The van der Waals surface area contributed by atoms with Crippen LogP contribution in [0.2, 0.25) is 0 Å². The van der Waals surface area contributed by atoms with Gasteiger partial charge in [0.25, 0.3) is 0 Å². The van der Waals surface area contributed by atoms with E-state index in [0.29, 0.717) is 5.56 Å². The zero-order valence-corrected chi connectivity index (χ0v) is 8.45. The fraction of sp³-hybridized carbons (Fsp3) is 0.333. The normalized spacial score (nSPS) is 11.4. The van der Waals surface area contributed by atoms with E-state index in [0.717, 1.165) is 0 Å². The Morgan fingerprint density at radius 3 is 2.44 bits per heavy atom. The third-order valence-corrected chi connectivity index (χ3v) is 1.90. The number of halogens is 3. The first-order chi connectivity index (χ1) is 7.31. The second-order valence-corrected chi connectivity index (χ2v) is 3.27. The van der Waals surface area contributed by atoms with Crippen molar-refractivity contribution >= 4 is 12.6 Å². The molecule has 0 atom stereocenters. The summed E-state index contributed by atoms with van der Waals surface area (Å²) in [5, 5.41) is 17.9. The van der Waals surface area contributed by atoms with Crippen LogP contribution >= 0.6 is 0 Å². The minimum absolute atomic E-state index is 0.0794. The van der Waals surface area contributed by atoms with Crippen LogP contribution in [-0.4, -0.2) is 29.9 Å². The van der Waals surface area contributed by atoms with E-state index in [1.807, 2.05) is 0 Å². The molecule has 0 aromatic heterocycles. The lowest BCUT2D eigenvalue weighted by atomic mass is 9.78. The molecule has 7 heteroatoms. The summed E-state index contributed by atoms with van der Waals surface area (Å²) < 4.78 is 40.4. The van der Waals surface area contributed by atoms with Crippen molar-refractivity contribution in [3.05, 3.63) is 23.8 Å². The van der Waals surface area contributed by atoms with Crippen LogP contribution < -0.4 is 10.2 Å². The monoisotopic (exact) mass is 234 g/mol. The molecule has 1 aromatic rings. The first-order valence-electron chi connectivity index (χ1n) is 4.46. The molecule has 0 aliphatic heterocycles. The lowest BCUT2D eigenvalue weighted by molar-refractivity contribution is -0.153. The Kier molecular flexibility index (Phi) is 3.82. The molecule has 0 bridgehead atoms. The van der Waals surface area contributed by atoms with Gasteiger partial charge in [-0.15, -0.1) is 0 Å². The fourth-order valence-electron chi connectivity index (χ4n) is 1.23. The number of benzene rings is 1. The van der Waals surface area contributed by atoms with Crippen LogP contribution in [-0.2, 0) is 0 Å². The van der Waals surface area contributed by atoms with E-state index >= 15 is 0 Å². The molecule has 0 fully saturated rings. The molecule has 1 rings (SSSR count). The maximum absolute atomic E-state index is 12.0. The molecule has 0 saturated heterocycles. The standard InChI is InChI=1S/C9H10BF3O3/c1-6-3-2-4-7(10(14)15)8(6)16-5-9(11,12)13/h2-4,14-15H,5H2,1H3. The predicted molar refractivity (Wildman–Crippen MR) is 52.6 cm³/mol. The van der Waals surface area contributed by atoms with Gasteiger partial charge in [-0.3, -0.25) is 0 Å². The van der Waals surface area contributed by atoms with Gasteiger partial charge in [-0.25, -0.2) is 0 Å². The van der Waals surface area contributed by atoms with Gasteiger partial charge < -0.3 is 14.8 Å². The van der Waals surface area contributed by atoms with Crippen molar-refractivity contribution in [2.24, 2.45) is 0 Å². The number of para-hydroxylation sites is 1. The van der Waals surface area contributed by atoms with Crippen molar-refractivity contribution in [2.75, 3.05) is 6.61 Å². The Morgan fingerprint density at radius 1 is 1.31 bits per heavy atom. The summed E-state index contributed by atoms with van der Waals surface area (Å²) in [6, 6.07) is 4.32. The smallest absolute Gasteiger partial charge is 0.484 e. The molecule has 0 radical (unpaired) electrons. The third-order valence-electron chi connectivity index (χ3n) is 1.90. The van der Waals surface area contributed by atoms with Gasteiger partial charge in [0.15, 0.2) is 6.61 Å². The van der Waals surface area contributed by atoms with Gasteiger partial charge in [0.05, 0.1) is 0 Å². The van der Waals surface area contributed by atoms with Crippen molar-refractivity contribution in [1.82, 2.24) is 0 Å². The lowest BCUT2D eigenvalue weighted by Crippen LogP contribution is -2.33. The summed E-state index contributed by atoms with van der Waals surface area (Å²) in [6.45, 7) is 0.0646. The van der Waals surface area contributed by atoms with Gasteiger partial charge >= 0.3 is 13.3 Å². The maximum atomic E-state index is 12.0. The number of alkyl halides is 3. The molecule has 2 N–H and O–H groups in total. The number of hydrogen-bond acceptors (Lipinski definition) is 3. The van der Waals surface area contributed by atoms with Gasteiger partial charge in [-0.05, 0) is 12.5 Å². The Morgan fingerprint density at radius 2 is 1.94 bits per heavy atom. The average Bonchev–Trinajstić information content (AvgIpc) is 2.13. The first-order valence-corrected chi connectivity index (χ1v) is 4.46. The highest BCUT2D eigenvalue weighted by Crippen LogP contribution is 2.20. The molecule has 88 valence electrons.